The fourth-order valence-corrected chi connectivity index (χ4v) is 4.88. The van der Waals surface area contributed by atoms with Gasteiger partial charge in [0.05, 0.1) is 6.61 Å². The molecule has 0 saturated heterocycles. The highest BCUT2D eigenvalue weighted by atomic mass is 16.5. The zero-order chi connectivity index (χ0) is 29.9. The number of hydrogen-bond donors (Lipinski definition) is 2. The molecule has 0 bridgehead atoms. The number of hydrogen-bond acceptors (Lipinski definition) is 3. The highest BCUT2D eigenvalue weighted by molar-refractivity contribution is 5.80. The second-order valence-electron chi connectivity index (χ2n) is 12.8. The van der Waals surface area contributed by atoms with E-state index in [1.54, 1.807) is 0 Å². The predicted molar refractivity (Wildman–Crippen MR) is 180 cm³/mol. The van der Waals surface area contributed by atoms with Crippen LogP contribution in [0.4, 0.5) is 0 Å². The Hall–Kier alpha value is -3.40. The van der Waals surface area contributed by atoms with Gasteiger partial charge in [-0.2, -0.15) is 0 Å². The van der Waals surface area contributed by atoms with Gasteiger partial charge in [0.25, 0.3) is 0 Å². The lowest BCUT2D eigenvalue weighted by Crippen LogP contribution is -2.14. The first-order valence-corrected chi connectivity index (χ1v) is 14.7. The van der Waals surface area contributed by atoms with Gasteiger partial charge in [-0.25, -0.2) is 0 Å². The second kappa shape index (κ2) is 16.3. The molecule has 3 nitrogen and oxygen atoms in total. The van der Waals surface area contributed by atoms with E-state index in [0.717, 1.165) is 25.0 Å². The SMILES string of the molecule is C.CC(C)(C)C.CC1(C)c2ccccc2-c2ccccc21.OCCCc1ccc(Cc2ccc(OCCO)cc2)cc1. The Morgan fingerprint density at radius 1 is 0.619 bits per heavy atom. The Morgan fingerprint density at radius 2 is 1.05 bits per heavy atom. The highest BCUT2D eigenvalue weighted by Gasteiger charge is 2.34. The van der Waals surface area contributed by atoms with Crippen molar-refractivity contribution in [1.29, 1.82) is 0 Å². The van der Waals surface area contributed by atoms with Crippen LogP contribution < -0.4 is 4.74 Å². The van der Waals surface area contributed by atoms with E-state index >= 15 is 0 Å². The minimum Gasteiger partial charge on any atom is -0.491 e. The minimum absolute atomic E-state index is 0. The number of ether oxygens (including phenoxy) is 1. The molecule has 5 rings (SSSR count). The van der Waals surface area contributed by atoms with E-state index in [2.05, 4.69) is 114 Å². The van der Waals surface area contributed by atoms with Crippen molar-refractivity contribution in [2.45, 2.75) is 73.6 Å². The summed E-state index contributed by atoms with van der Waals surface area (Å²) in [6, 6.07) is 33.9. The van der Waals surface area contributed by atoms with Gasteiger partial charge in [-0.3, -0.25) is 0 Å². The molecule has 3 heteroatoms. The molecule has 4 aromatic carbocycles. The molecule has 0 saturated carbocycles. The molecule has 4 aromatic rings. The van der Waals surface area contributed by atoms with Crippen LogP contribution in [0.2, 0.25) is 0 Å². The molecule has 0 aliphatic heterocycles. The maximum atomic E-state index is 8.83. The average Bonchev–Trinajstić information content (AvgIpc) is 3.19. The molecule has 1 aliphatic rings. The molecule has 0 aromatic heterocycles. The third-order valence-corrected chi connectivity index (χ3v) is 6.83. The Bertz CT molecular complexity index is 1230. The number of aliphatic hydroxyl groups is 2. The van der Waals surface area contributed by atoms with Crippen LogP contribution in [0.15, 0.2) is 97.1 Å². The molecule has 0 spiro atoms. The fraction of sp³-hybridized carbons (Fsp3) is 0.385. The van der Waals surface area contributed by atoms with Crippen LogP contribution in [0, 0.1) is 5.41 Å². The lowest BCUT2D eigenvalue weighted by molar-refractivity contribution is 0.201. The van der Waals surface area contributed by atoms with E-state index in [9.17, 15) is 0 Å². The van der Waals surface area contributed by atoms with Crippen molar-refractivity contribution in [3.8, 4) is 16.9 Å². The number of rotatable bonds is 8. The van der Waals surface area contributed by atoms with Crippen molar-refractivity contribution < 1.29 is 14.9 Å². The van der Waals surface area contributed by atoms with Crippen LogP contribution in [0.5, 0.6) is 5.75 Å². The van der Waals surface area contributed by atoms with E-state index in [4.69, 9.17) is 14.9 Å². The topological polar surface area (TPSA) is 49.7 Å². The summed E-state index contributed by atoms with van der Waals surface area (Å²) in [4.78, 5) is 0. The molecule has 42 heavy (non-hydrogen) atoms. The Kier molecular flexibility index (Phi) is 13.5. The van der Waals surface area contributed by atoms with Crippen LogP contribution in [0.3, 0.4) is 0 Å². The van der Waals surface area contributed by atoms with Crippen LogP contribution in [0.1, 0.15) is 83.2 Å². The summed E-state index contributed by atoms with van der Waals surface area (Å²) in [7, 11) is 0. The molecule has 0 unspecified atom stereocenters. The maximum Gasteiger partial charge on any atom is 0.119 e. The fourth-order valence-electron chi connectivity index (χ4n) is 4.88. The van der Waals surface area contributed by atoms with Gasteiger partial charge in [0.1, 0.15) is 12.4 Å². The number of fused-ring (bicyclic) bond motifs is 3. The second-order valence-corrected chi connectivity index (χ2v) is 12.8. The van der Waals surface area contributed by atoms with Crippen LogP contribution in [-0.2, 0) is 18.3 Å². The number of aryl methyl sites for hydroxylation is 1. The van der Waals surface area contributed by atoms with Gasteiger partial charge >= 0.3 is 0 Å². The molecular formula is C39H52O3. The van der Waals surface area contributed by atoms with Gasteiger partial charge in [0, 0.05) is 12.0 Å². The molecule has 0 heterocycles. The Balaban J connectivity index is 0.000000256. The van der Waals surface area contributed by atoms with Crippen molar-refractivity contribution in [3.05, 3.63) is 125 Å². The van der Waals surface area contributed by atoms with E-state index in [1.807, 2.05) is 24.3 Å². The van der Waals surface area contributed by atoms with Gasteiger partial charge in [-0.15, -0.1) is 0 Å². The van der Waals surface area contributed by atoms with Crippen LogP contribution in [0.25, 0.3) is 11.1 Å². The molecule has 0 radical (unpaired) electrons. The van der Waals surface area contributed by atoms with Crippen molar-refractivity contribution in [2.24, 2.45) is 5.41 Å². The van der Waals surface area contributed by atoms with E-state index < -0.39 is 0 Å². The van der Waals surface area contributed by atoms with Crippen LogP contribution >= 0.6 is 0 Å². The zero-order valence-corrected chi connectivity index (χ0v) is 25.8. The van der Waals surface area contributed by atoms with Gasteiger partial charge in [-0.1, -0.05) is 134 Å². The zero-order valence-electron chi connectivity index (χ0n) is 25.8. The first-order chi connectivity index (χ1) is 19.5. The Labute approximate surface area is 255 Å². The molecule has 1 aliphatic carbocycles. The molecule has 226 valence electrons. The van der Waals surface area contributed by atoms with Crippen molar-refractivity contribution >= 4 is 0 Å². The molecule has 0 atom stereocenters. The van der Waals surface area contributed by atoms with Crippen molar-refractivity contribution in [2.75, 3.05) is 19.8 Å². The molecule has 2 N–H and O–H groups in total. The van der Waals surface area contributed by atoms with E-state index in [1.165, 1.54) is 38.9 Å². The van der Waals surface area contributed by atoms with Gasteiger partial charge < -0.3 is 14.9 Å². The summed E-state index contributed by atoms with van der Waals surface area (Å²) in [5.74, 6) is 0.784. The molecular weight excluding hydrogens is 516 g/mol. The lowest BCUT2D eigenvalue weighted by atomic mass is 9.82. The monoisotopic (exact) mass is 568 g/mol. The van der Waals surface area contributed by atoms with E-state index in [-0.39, 0.29) is 26.1 Å². The molecule has 0 fully saturated rings. The summed E-state index contributed by atoms with van der Waals surface area (Å²) < 4.78 is 5.34. The summed E-state index contributed by atoms with van der Waals surface area (Å²) in [5.41, 5.74) is 10.1. The average molecular weight is 569 g/mol. The van der Waals surface area contributed by atoms with E-state index in [0.29, 0.717) is 12.0 Å². The maximum absolute atomic E-state index is 8.83. The third kappa shape index (κ3) is 10.5. The third-order valence-electron chi connectivity index (χ3n) is 6.83. The Morgan fingerprint density at radius 3 is 1.50 bits per heavy atom. The van der Waals surface area contributed by atoms with Gasteiger partial charge in [0.15, 0.2) is 0 Å². The molecule has 0 amide bonds. The number of aliphatic hydroxyl groups excluding tert-OH is 2. The summed E-state index contributed by atoms with van der Waals surface area (Å²) in [5, 5.41) is 17.5. The van der Waals surface area contributed by atoms with Gasteiger partial charge in [0.2, 0.25) is 0 Å². The first-order valence-electron chi connectivity index (χ1n) is 14.7. The quantitative estimate of drug-likeness (QED) is 0.223. The smallest absolute Gasteiger partial charge is 0.119 e. The predicted octanol–water partition coefficient (Wildman–Crippen LogP) is 9.25. The highest BCUT2D eigenvalue weighted by Crippen LogP contribution is 2.47. The minimum atomic E-state index is 0. The number of benzene rings is 4. The summed E-state index contributed by atoms with van der Waals surface area (Å²) in [6.07, 6.45) is 2.63. The van der Waals surface area contributed by atoms with Crippen molar-refractivity contribution in [3.63, 3.8) is 0 Å². The normalized spacial score (nSPS) is 12.4. The lowest BCUT2D eigenvalue weighted by Gasteiger charge is -2.20. The van der Waals surface area contributed by atoms with Crippen LogP contribution in [-0.4, -0.2) is 30.0 Å². The summed E-state index contributed by atoms with van der Waals surface area (Å²) in [6.45, 7) is 14.0. The first kappa shape index (κ1) is 34.8. The standard InChI is InChI=1S/C18H22O3.C15H14.C5H12.CH4/c19-11-1-2-15-3-5-16(6-4-15)14-17-7-9-18(10-8-17)21-13-12-20;1-15(2)13-9-5-3-7-11(13)12-8-4-6-10-14(12)15;1-5(2,3)4;/h3-10,19-20H,1-2,11-14H2;3-10H,1-2H3;1-4H3;1H4. The summed E-state index contributed by atoms with van der Waals surface area (Å²) >= 11 is 0. The van der Waals surface area contributed by atoms with Crippen molar-refractivity contribution in [1.82, 2.24) is 0 Å². The largest absolute Gasteiger partial charge is 0.491 e. The van der Waals surface area contributed by atoms with Gasteiger partial charge in [-0.05, 0) is 75.8 Å².